The van der Waals surface area contributed by atoms with E-state index in [-0.39, 0.29) is 126 Å². The number of amides is 8. The van der Waals surface area contributed by atoms with Crippen molar-refractivity contribution in [3.8, 4) is 0 Å². The van der Waals surface area contributed by atoms with Gasteiger partial charge in [-0.05, 0) is 34.7 Å². The van der Waals surface area contributed by atoms with E-state index < -0.39 is 177 Å². The van der Waals surface area contributed by atoms with Gasteiger partial charge in [0.2, 0.25) is 27.2 Å². The van der Waals surface area contributed by atoms with Crippen molar-refractivity contribution >= 4 is 142 Å². The van der Waals surface area contributed by atoms with Crippen molar-refractivity contribution in [3.05, 3.63) is 108 Å². The van der Waals surface area contributed by atoms with Gasteiger partial charge in [-0.1, -0.05) is 106 Å². The fraction of sp³-hybridized carbons (Fsp3) is 0.394. The molecule has 3 aromatic rings. The third kappa shape index (κ3) is 39.6. The summed E-state index contributed by atoms with van der Waals surface area (Å²) < 4.78 is 50.5. The highest BCUT2D eigenvalue weighted by molar-refractivity contribution is 8.12. The van der Waals surface area contributed by atoms with E-state index in [4.69, 9.17) is 24.4 Å². The van der Waals surface area contributed by atoms with Gasteiger partial charge in [-0.2, -0.15) is 0 Å². The molecule has 4 aliphatic heterocycles. The highest BCUT2D eigenvalue weighted by Gasteiger charge is 2.37. The Hall–Kier alpha value is -13.5. The van der Waals surface area contributed by atoms with Crippen molar-refractivity contribution in [1.29, 1.82) is 0 Å². The quantitative estimate of drug-likeness (QED) is 0.0376. The molecule has 594 valence electrons. The Labute approximate surface area is 624 Å². The second-order valence-electron chi connectivity index (χ2n) is 21.1. The average Bonchev–Trinajstić information content (AvgIpc) is 1.75. The molecule has 0 atom stereocenters. The van der Waals surface area contributed by atoms with Crippen LogP contribution in [0.2, 0.25) is 0 Å². The fourth-order valence-electron chi connectivity index (χ4n) is 7.46. The molecule has 0 saturated carbocycles. The lowest BCUT2D eigenvalue weighted by atomic mass is 10.2. The van der Waals surface area contributed by atoms with E-state index in [1.54, 1.807) is 30.5 Å². The van der Waals surface area contributed by atoms with Crippen molar-refractivity contribution in [2.45, 2.75) is 135 Å². The molecule has 4 saturated heterocycles. The van der Waals surface area contributed by atoms with Crippen molar-refractivity contribution < 1.29 is 187 Å². The predicted octanol–water partition coefficient (Wildman–Crippen LogP) is 3.99. The van der Waals surface area contributed by atoms with Crippen LogP contribution in [0, 0.1) is 0 Å². The number of imide groups is 4. The molecule has 110 heavy (non-hydrogen) atoms. The van der Waals surface area contributed by atoms with Gasteiger partial charge in [-0.3, -0.25) is 96.0 Å². The second kappa shape index (κ2) is 50.9. The molecule has 0 radical (unpaired) electrons. The number of esters is 7. The molecule has 7 rings (SSSR count). The van der Waals surface area contributed by atoms with Gasteiger partial charge in [-0.25, -0.2) is 24.0 Å². The Morgan fingerprint density at radius 1 is 0.282 bits per heavy atom. The first-order valence-corrected chi connectivity index (χ1v) is 33.2. The van der Waals surface area contributed by atoms with E-state index in [0.717, 1.165) is 28.5 Å². The summed E-state index contributed by atoms with van der Waals surface area (Å²) in [6.07, 6.45) is -5.87. The summed E-state index contributed by atoms with van der Waals surface area (Å²) in [4.78, 5) is 262. The van der Waals surface area contributed by atoms with Crippen LogP contribution in [0.5, 0.6) is 0 Å². The van der Waals surface area contributed by atoms with Crippen LogP contribution in [-0.2, 0) is 178 Å². The Kier molecular flexibility index (Phi) is 42.0. The Morgan fingerprint density at radius 3 is 0.727 bits per heavy atom. The number of carbonyl (C=O) groups excluding carboxylic acids is 20. The maximum Gasteiger partial charge on any atom is 0.536 e. The number of benzene rings is 3. The lowest BCUT2D eigenvalue weighted by Crippen LogP contribution is -2.32. The lowest BCUT2D eigenvalue weighted by molar-refractivity contribution is -0.198. The predicted molar refractivity (Wildman–Crippen MR) is 347 cm³/mol. The first-order chi connectivity index (χ1) is 52.4. The molecule has 0 bridgehead atoms. The number of carboxylic acid groups (broad SMARTS) is 2. The zero-order valence-electron chi connectivity index (χ0n) is 58.0. The molecule has 4 aliphatic rings. The van der Waals surface area contributed by atoms with Crippen molar-refractivity contribution in [1.82, 2.24) is 20.3 Å². The van der Waals surface area contributed by atoms with Crippen LogP contribution in [-0.4, -0.2) is 195 Å². The largest absolute Gasteiger partial charge is 0.536 e. The molecule has 0 spiro atoms. The number of thioether (sulfide) groups is 1. The topological polar surface area (TPSA) is 567 Å². The highest BCUT2D eigenvalue weighted by Crippen LogP contribution is 2.17. The Morgan fingerprint density at radius 2 is 0.491 bits per heavy atom. The smallest absolute Gasteiger partial charge is 0.481 e. The molecule has 3 aromatic carbocycles. The highest BCUT2D eigenvalue weighted by atomic mass is 32.2. The van der Waals surface area contributed by atoms with E-state index in [9.17, 15) is 105 Å². The molecule has 0 aromatic heterocycles. The van der Waals surface area contributed by atoms with E-state index in [0.29, 0.717) is 10.1 Å². The molecule has 44 heteroatoms. The van der Waals surface area contributed by atoms with E-state index in [2.05, 4.69) is 57.2 Å². The van der Waals surface area contributed by atoms with Crippen LogP contribution < -0.4 is 0 Å². The van der Waals surface area contributed by atoms with Crippen LogP contribution >= 0.6 is 11.8 Å². The van der Waals surface area contributed by atoms with Crippen LogP contribution in [0.1, 0.15) is 132 Å². The molecule has 2 N–H and O–H groups in total. The van der Waals surface area contributed by atoms with Crippen LogP contribution in [0.3, 0.4) is 0 Å². The molecule has 4 fully saturated rings. The van der Waals surface area contributed by atoms with Crippen LogP contribution in [0.4, 0.5) is 19.2 Å². The summed E-state index contributed by atoms with van der Waals surface area (Å²) in [5.41, 5.74) is 2.58. The molecule has 0 aliphatic carbocycles. The molecular formula is C66H70N4O39S. The number of ether oxygens (including phenoxy) is 11. The summed E-state index contributed by atoms with van der Waals surface area (Å²) in [5, 5.41) is 17.3. The molecule has 0 unspecified atom stereocenters. The standard InChI is InChI=1S/C17H17NO9.C14H14N2O11.C14H16O6S.C11H12O4.C10H11NO9/c19-13-6-7-14(20)18(13)27-17(23)26-11-25-16(22)9-8-15(21)24-10-12-4-2-1-3-5-12;17-8-1-2-9(18)15(8)26-13(22)6-5-12(21)24-7-25-14(23)27-16-10(19)3-4-11(16)20;1-21-14(17)20-10-19-13(16)8-7-12(15)18-9-11-5-3-2-4-6-11;12-10(13)6-7-11(14)15-8-9-4-2-1-3-5-9;12-6-1-2-7(13)11(6)20-10(17)19-5-18-9(16)4-3-8(14)15/h1-5H,6-11H2;1-7H2;2-6H,7-10H2,1H3;1-5H,6-8H2,(H,12,13);1-5H2,(H,14,15). The van der Waals surface area contributed by atoms with E-state index in [1.165, 1.54) is 0 Å². The van der Waals surface area contributed by atoms with E-state index in [1.807, 2.05) is 66.7 Å². The number of carbonyl (C=O) groups is 22. The number of aliphatic carboxylic acids is 2. The maximum absolute atomic E-state index is 11.6. The van der Waals surface area contributed by atoms with Crippen molar-refractivity contribution in [2.24, 2.45) is 0 Å². The normalized spacial score (nSPS) is 13.1. The summed E-state index contributed by atoms with van der Waals surface area (Å²) in [5.74, 6) is -13.4. The molecule has 43 nitrogen and oxygen atoms in total. The first kappa shape index (κ1) is 90.8. The minimum Gasteiger partial charge on any atom is -0.481 e. The Bertz CT molecular complexity index is 3710. The van der Waals surface area contributed by atoms with Crippen molar-refractivity contribution in [2.75, 3.05) is 33.4 Å². The molecule has 4 heterocycles. The van der Waals surface area contributed by atoms with Gasteiger partial charge in [0.1, 0.15) is 19.8 Å². The summed E-state index contributed by atoms with van der Waals surface area (Å²) >= 11 is 0.873. The van der Waals surface area contributed by atoms with Gasteiger partial charge >= 0.3 is 83.5 Å². The van der Waals surface area contributed by atoms with Crippen LogP contribution in [0.15, 0.2) is 91.0 Å². The number of carboxylic acids is 2. The monoisotopic (exact) mass is 1570 g/mol. The SMILES string of the molecule is CSC(=O)OCOC(=O)CCC(=O)OCc1ccccc1.O=C(CCC(=O)OCc1ccccc1)OCOC(=O)ON1C(=O)CCC1=O.O=C(CCC(=O)ON1C(=O)CCC1=O)OCOC(=O)ON1C(=O)CCC1=O.O=C(O)CCC(=O)OCOC(=O)ON1C(=O)CCC1=O.O=C(O)CCC(=O)OCc1ccccc1. The second-order valence-corrected chi connectivity index (χ2v) is 21.9. The van der Waals surface area contributed by atoms with Gasteiger partial charge < -0.3 is 67.2 Å². The summed E-state index contributed by atoms with van der Waals surface area (Å²) in [6.45, 7) is -2.47. The zero-order valence-corrected chi connectivity index (χ0v) is 58.9. The zero-order chi connectivity index (χ0) is 81.3. The minimum absolute atomic E-state index is 0.0541. The third-order valence-electron chi connectivity index (χ3n) is 12.9. The molecular weight excluding hydrogens is 1500 g/mol. The number of rotatable bonds is 33. The van der Waals surface area contributed by atoms with Crippen molar-refractivity contribution in [3.63, 3.8) is 0 Å². The lowest BCUT2D eigenvalue weighted by Gasteiger charge is -2.13. The fourth-order valence-corrected chi connectivity index (χ4v) is 7.63. The third-order valence-corrected chi connectivity index (χ3v) is 13.3. The average molecular weight is 1580 g/mol. The Balaban J connectivity index is 0.000000361. The van der Waals surface area contributed by atoms with Gasteiger partial charge in [0.15, 0.2) is 0 Å². The van der Waals surface area contributed by atoms with Gasteiger partial charge in [-0.15, -0.1) is 5.06 Å². The maximum atomic E-state index is 11.6. The van der Waals surface area contributed by atoms with Crippen LogP contribution in [0.25, 0.3) is 0 Å². The minimum atomic E-state index is -1.43. The van der Waals surface area contributed by atoms with Gasteiger partial charge in [0.25, 0.3) is 47.3 Å². The molecule has 8 amide bonds. The van der Waals surface area contributed by atoms with Gasteiger partial charge in [0.05, 0.1) is 64.2 Å². The van der Waals surface area contributed by atoms with E-state index >= 15 is 0 Å². The number of nitrogens with zero attached hydrogens (tertiary/aromatic N) is 4. The van der Waals surface area contributed by atoms with Gasteiger partial charge in [0, 0.05) is 51.4 Å². The number of hydrogen-bond donors (Lipinski definition) is 2. The first-order valence-electron chi connectivity index (χ1n) is 32.0. The summed E-state index contributed by atoms with van der Waals surface area (Å²) in [7, 11) is 0. The number of hydroxylamine groups is 8. The summed E-state index contributed by atoms with van der Waals surface area (Å²) in [6, 6.07) is 27.5. The number of hydrogen-bond acceptors (Lipinski definition) is 38.